The lowest BCUT2D eigenvalue weighted by atomic mass is 9.84. The van der Waals surface area contributed by atoms with E-state index in [1.54, 1.807) is 7.11 Å². The number of rotatable bonds is 5. The average Bonchev–Trinajstić information content (AvgIpc) is 2.38. The molecule has 0 aromatic heterocycles. The van der Waals surface area contributed by atoms with E-state index in [4.69, 9.17) is 9.47 Å². The van der Waals surface area contributed by atoms with Gasteiger partial charge in [-0.1, -0.05) is 12.1 Å². The van der Waals surface area contributed by atoms with Crippen LogP contribution in [0.3, 0.4) is 0 Å². The Morgan fingerprint density at radius 2 is 2.26 bits per heavy atom. The first-order valence-electron chi connectivity index (χ1n) is 6.61. The molecule has 102 valence electrons. The Balaban J connectivity index is 2.07. The van der Waals surface area contributed by atoms with Crippen molar-refractivity contribution in [3.05, 3.63) is 29.3 Å². The molecule has 0 radical (unpaired) electrons. The van der Waals surface area contributed by atoms with E-state index in [0.717, 1.165) is 17.7 Å². The predicted molar refractivity (Wildman–Crippen MR) is 74.1 cm³/mol. The highest BCUT2D eigenvalue weighted by atomic mass is 16.5. The summed E-state index contributed by atoms with van der Waals surface area (Å²) in [7, 11) is 1.70. The Labute approximate surface area is 114 Å². The Bertz CT molecular complexity index is 482. The summed E-state index contributed by atoms with van der Waals surface area (Å²) in [5, 5.41) is 12.6. The zero-order valence-corrected chi connectivity index (χ0v) is 11.6. The number of nitrogens with one attached hydrogen (secondary N) is 1. The SMILES string of the molecule is CCOC1CC(Nc2cccc(C)c2C#N)C1OC. The monoisotopic (exact) mass is 260 g/mol. The maximum Gasteiger partial charge on any atom is 0.103 e. The molecule has 0 heterocycles. The van der Waals surface area contributed by atoms with Gasteiger partial charge in [0.15, 0.2) is 0 Å². The summed E-state index contributed by atoms with van der Waals surface area (Å²) in [5.74, 6) is 0. The average molecular weight is 260 g/mol. The lowest BCUT2D eigenvalue weighted by Gasteiger charge is -2.43. The second-order valence-corrected chi connectivity index (χ2v) is 4.79. The van der Waals surface area contributed by atoms with Gasteiger partial charge in [-0.05, 0) is 31.9 Å². The first-order valence-corrected chi connectivity index (χ1v) is 6.61. The molecule has 1 saturated carbocycles. The number of anilines is 1. The summed E-state index contributed by atoms with van der Waals surface area (Å²) in [6.07, 6.45) is 1.11. The van der Waals surface area contributed by atoms with Crippen LogP contribution in [0, 0.1) is 18.3 Å². The molecule has 0 amide bonds. The molecule has 1 aliphatic carbocycles. The summed E-state index contributed by atoms with van der Waals surface area (Å²) in [6, 6.07) is 8.30. The maximum atomic E-state index is 9.22. The van der Waals surface area contributed by atoms with Crippen LogP contribution < -0.4 is 5.32 Å². The number of methoxy groups -OCH3 is 1. The highest BCUT2D eigenvalue weighted by Gasteiger charge is 2.42. The fourth-order valence-corrected chi connectivity index (χ4v) is 2.55. The second kappa shape index (κ2) is 6.05. The van der Waals surface area contributed by atoms with Crippen molar-refractivity contribution in [1.29, 1.82) is 5.26 Å². The summed E-state index contributed by atoms with van der Waals surface area (Å²) in [6.45, 7) is 4.63. The van der Waals surface area contributed by atoms with Gasteiger partial charge >= 0.3 is 0 Å². The van der Waals surface area contributed by atoms with Crippen molar-refractivity contribution in [2.45, 2.75) is 38.5 Å². The van der Waals surface area contributed by atoms with Crippen LogP contribution in [-0.2, 0) is 9.47 Å². The number of nitriles is 1. The number of hydrogen-bond acceptors (Lipinski definition) is 4. The molecule has 4 nitrogen and oxygen atoms in total. The van der Waals surface area contributed by atoms with Crippen LogP contribution in [0.25, 0.3) is 0 Å². The molecule has 1 fully saturated rings. The van der Waals surface area contributed by atoms with Crippen LogP contribution in [0.5, 0.6) is 0 Å². The minimum atomic E-state index is 0.0482. The highest BCUT2D eigenvalue weighted by molar-refractivity contribution is 5.61. The summed E-state index contributed by atoms with van der Waals surface area (Å²) < 4.78 is 11.1. The normalized spacial score (nSPS) is 25.5. The fraction of sp³-hybridized carbons (Fsp3) is 0.533. The largest absolute Gasteiger partial charge is 0.378 e. The maximum absolute atomic E-state index is 9.22. The third kappa shape index (κ3) is 2.73. The van der Waals surface area contributed by atoms with Gasteiger partial charge in [0.05, 0.1) is 23.4 Å². The van der Waals surface area contributed by atoms with E-state index in [1.165, 1.54) is 0 Å². The summed E-state index contributed by atoms with van der Waals surface area (Å²) in [4.78, 5) is 0. The van der Waals surface area contributed by atoms with Crippen molar-refractivity contribution >= 4 is 5.69 Å². The van der Waals surface area contributed by atoms with Crippen LogP contribution in [0.4, 0.5) is 5.69 Å². The number of nitrogens with zero attached hydrogens (tertiary/aromatic N) is 1. The quantitative estimate of drug-likeness (QED) is 0.883. The molecule has 1 aromatic carbocycles. The van der Waals surface area contributed by atoms with E-state index >= 15 is 0 Å². The number of ether oxygens (including phenoxy) is 2. The van der Waals surface area contributed by atoms with Crippen molar-refractivity contribution in [2.75, 3.05) is 19.0 Å². The molecule has 0 aliphatic heterocycles. The van der Waals surface area contributed by atoms with E-state index in [2.05, 4.69) is 11.4 Å². The minimum absolute atomic E-state index is 0.0482. The van der Waals surface area contributed by atoms with Gasteiger partial charge in [-0.3, -0.25) is 0 Å². The topological polar surface area (TPSA) is 54.3 Å². The molecule has 1 aliphatic rings. The van der Waals surface area contributed by atoms with Crippen LogP contribution in [-0.4, -0.2) is 32.0 Å². The van der Waals surface area contributed by atoms with Crippen molar-refractivity contribution in [2.24, 2.45) is 0 Å². The van der Waals surface area contributed by atoms with Gasteiger partial charge in [0.25, 0.3) is 0 Å². The highest BCUT2D eigenvalue weighted by Crippen LogP contribution is 2.31. The predicted octanol–water partition coefficient (Wildman–Crippen LogP) is 2.47. The van der Waals surface area contributed by atoms with Gasteiger partial charge in [-0.15, -0.1) is 0 Å². The van der Waals surface area contributed by atoms with Crippen molar-refractivity contribution in [3.63, 3.8) is 0 Å². The molecule has 4 heteroatoms. The standard InChI is InChI=1S/C15H20N2O2/c1-4-19-14-8-13(15(14)18-3)17-12-7-5-6-10(2)11(12)9-16/h5-7,13-15,17H,4,8H2,1-3H3. The van der Waals surface area contributed by atoms with Gasteiger partial charge in [0.1, 0.15) is 12.2 Å². The summed E-state index contributed by atoms with van der Waals surface area (Å²) in [5.41, 5.74) is 2.57. The van der Waals surface area contributed by atoms with Crippen LogP contribution in [0.15, 0.2) is 18.2 Å². The Morgan fingerprint density at radius 1 is 1.47 bits per heavy atom. The van der Waals surface area contributed by atoms with E-state index in [0.29, 0.717) is 12.2 Å². The van der Waals surface area contributed by atoms with Gasteiger partial charge in [0, 0.05) is 13.7 Å². The molecule has 3 atom stereocenters. The van der Waals surface area contributed by atoms with Gasteiger partial charge in [-0.25, -0.2) is 0 Å². The van der Waals surface area contributed by atoms with E-state index in [1.807, 2.05) is 32.0 Å². The van der Waals surface area contributed by atoms with Crippen LogP contribution in [0.1, 0.15) is 24.5 Å². The smallest absolute Gasteiger partial charge is 0.103 e. The van der Waals surface area contributed by atoms with E-state index < -0.39 is 0 Å². The van der Waals surface area contributed by atoms with Crippen molar-refractivity contribution in [1.82, 2.24) is 0 Å². The van der Waals surface area contributed by atoms with Crippen LogP contribution in [0.2, 0.25) is 0 Å². The molecule has 19 heavy (non-hydrogen) atoms. The molecule has 0 saturated heterocycles. The first-order chi connectivity index (χ1) is 9.21. The zero-order chi connectivity index (χ0) is 13.8. The molecular formula is C15H20N2O2. The third-order valence-electron chi connectivity index (χ3n) is 3.63. The second-order valence-electron chi connectivity index (χ2n) is 4.79. The van der Waals surface area contributed by atoms with Gasteiger partial charge < -0.3 is 14.8 Å². The zero-order valence-electron chi connectivity index (χ0n) is 11.6. The van der Waals surface area contributed by atoms with Crippen molar-refractivity contribution < 1.29 is 9.47 Å². The molecule has 1 N–H and O–H groups in total. The van der Waals surface area contributed by atoms with E-state index in [9.17, 15) is 5.26 Å². The van der Waals surface area contributed by atoms with Gasteiger partial charge in [-0.2, -0.15) is 5.26 Å². The fourth-order valence-electron chi connectivity index (χ4n) is 2.55. The summed E-state index contributed by atoms with van der Waals surface area (Å²) >= 11 is 0. The van der Waals surface area contributed by atoms with Crippen LogP contribution >= 0.6 is 0 Å². The number of aryl methyl sites for hydroxylation is 1. The lowest BCUT2D eigenvalue weighted by molar-refractivity contribution is -0.118. The Kier molecular flexibility index (Phi) is 4.41. The van der Waals surface area contributed by atoms with E-state index in [-0.39, 0.29) is 18.2 Å². The molecule has 0 spiro atoms. The molecule has 0 bridgehead atoms. The van der Waals surface area contributed by atoms with Crippen molar-refractivity contribution in [3.8, 4) is 6.07 Å². The Morgan fingerprint density at radius 3 is 2.89 bits per heavy atom. The lowest BCUT2D eigenvalue weighted by Crippen LogP contribution is -2.56. The molecule has 2 rings (SSSR count). The third-order valence-corrected chi connectivity index (χ3v) is 3.63. The van der Waals surface area contributed by atoms with Gasteiger partial charge in [0.2, 0.25) is 0 Å². The minimum Gasteiger partial charge on any atom is -0.378 e. The molecule has 1 aromatic rings. The molecule has 3 unspecified atom stereocenters. The molecular weight excluding hydrogens is 240 g/mol. The Hall–Kier alpha value is -1.57. The first kappa shape index (κ1) is 13.9. The number of hydrogen-bond donors (Lipinski definition) is 1. The number of benzene rings is 1.